The molecule has 5 nitrogen and oxygen atoms in total. The van der Waals surface area contributed by atoms with Crippen molar-refractivity contribution < 1.29 is 19.3 Å². The van der Waals surface area contributed by atoms with E-state index in [2.05, 4.69) is 36.1 Å². The first-order valence-corrected chi connectivity index (χ1v) is 8.98. The average molecular weight is 347 g/mol. The molecule has 1 fully saturated rings. The van der Waals surface area contributed by atoms with Gasteiger partial charge in [-0.05, 0) is 44.9 Å². The second kappa shape index (κ2) is 7.46. The molecule has 2 aliphatic heterocycles. The SMILES string of the molecule is COc1ccc([C@@H](C)N2CC/C=C\[C@@H]3OC(C)(C)O[C@H]3[C@@H]2CO)cc1. The Morgan fingerprint density at radius 2 is 2.00 bits per heavy atom. The lowest BCUT2D eigenvalue weighted by atomic mass is 9.97. The molecular weight excluding hydrogens is 318 g/mol. The van der Waals surface area contributed by atoms with Gasteiger partial charge in [0.1, 0.15) is 18.0 Å². The van der Waals surface area contributed by atoms with Crippen molar-refractivity contribution in [2.75, 3.05) is 20.3 Å². The summed E-state index contributed by atoms with van der Waals surface area (Å²) in [4.78, 5) is 2.33. The van der Waals surface area contributed by atoms with Gasteiger partial charge in [0, 0.05) is 12.6 Å². The highest BCUT2D eigenvalue weighted by molar-refractivity contribution is 5.29. The van der Waals surface area contributed by atoms with E-state index < -0.39 is 5.79 Å². The minimum absolute atomic E-state index is 0.0366. The lowest BCUT2D eigenvalue weighted by Gasteiger charge is -2.40. The van der Waals surface area contributed by atoms with Crippen molar-refractivity contribution in [3.63, 3.8) is 0 Å². The molecule has 0 aromatic heterocycles. The van der Waals surface area contributed by atoms with Gasteiger partial charge in [0.2, 0.25) is 0 Å². The fraction of sp³-hybridized carbons (Fsp3) is 0.600. The van der Waals surface area contributed by atoms with Crippen LogP contribution in [0.1, 0.15) is 38.8 Å². The van der Waals surface area contributed by atoms with Crippen LogP contribution in [-0.4, -0.2) is 54.3 Å². The summed E-state index contributed by atoms with van der Waals surface area (Å²) in [5.41, 5.74) is 1.19. The molecule has 0 spiro atoms. The van der Waals surface area contributed by atoms with Crippen LogP contribution < -0.4 is 4.74 Å². The van der Waals surface area contributed by atoms with Crippen LogP contribution >= 0.6 is 0 Å². The van der Waals surface area contributed by atoms with Crippen molar-refractivity contribution in [2.45, 2.75) is 57.3 Å². The first-order valence-electron chi connectivity index (χ1n) is 8.98. The first kappa shape index (κ1) is 18.4. The fourth-order valence-corrected chi connectivity index (χ4v) is 3.84. The van der Waals surface area contributed by atoms with E-state index in [9.17, 15) is 5.11 Å². The van der Waals surface area contributed by atoms with Crippen molar-refractivity contribution in [2.24, 2.45) is 0 Å². The quantitative estimate of drug-likeness (QED) is 0.849. The third-order valence-corrected chi connectivity index (χ3v) is 5.13. The lowest BCUT2D eigenvalue weighted by Crippen LogP contribution is -2.51. The summed E-state index contributed by atoms with van der Waals surface area (Å²) in [6.45, 7) is 6.93. The van der Waals surface area contributed by atoms with Crippen LogP contribution in [-0.2, 0) is 9.47 Å². The molecule has 1 saturated heterocycles. The van der Waals surface area contributed by atoms with E-state index in [4.69, 9.17) is 14.2 Å². The Morgan fingerprint density at radius 1 is 1.28 bits per heavy atom. The predicted octanol–water partition coefficient (Wildman–Crippen LogP) is 2.90. The van der Waals surface area contributed by atoms with E-state index in [1.807, 2.05) is 26.0 Å². The van der Waals surface area contributed by atoms with Gasteiger partial charge in [-0.1, -0.05) is 24.3 Å². The summed E-state index contributed by atoms with van der Waals surface area (Å²) in [6.07, 6.45) is 4.85. The topological polar surface area (TPSA) is 51.2 Å². The smallest absolute Gasteiger partial charge is 0.164 e. The Labute approximate surface area is 150 Å². The number of hydrogen-bond acceptors (Lipinski definition) is 5. The van der Waals surface area contributed by atoms with E-state index >= 15 is 0 Å². The summed E-state index contributed by atoms with van der Waals surface area (Å²) in [5.74, 6) is 0.214. The number of nitrogens with zero attached hydrogens (tertiary/aromatic N) is 1. The number of rotatable bonds is 4. The number of aliphatic hydroxyl groups excluding tert-OH is 1. The summed E-state index contributed by atoms with van der Waals surface area (Å²) in [6, 6.07) is 8.16. The summed E-state index contributed by atoms with van der Waals surface area (Å²) in [5, 5.41) is 10.2. The largest absolute Gasteiger partial charge is 0.497 e. The van der Waals surface area contributed by atoms with E-state index in [1.54, 1.807) is 7.11 Å². The van der Waals surface area contributed by atoms with Crippen LogP contribution in [0.15, 0.2) is 36.4 Å². The predicted molar refractivity (Wildman–Crippen MR) is 96.6 cm³/mol. The molecule has 4 atom stereocenters. The summed E-state index contributed by atoms with van der Waals surface area (Å²) in [7, 11) is 1.67. The highest BCUT2D eigenvalue weighted by Crippen LogP contribution is 2.36. The van der Waals surface area contributed by atoms with Crippen molar-refractivity contribution in [1.82, 2.24) is 4.90 Å². The lowest BCUT2D eigenvalue weighted by molar-refractivity contribution is -0.152. The molecule has 0 amide bonds. The van der Waals surface area contributed by atoms with Crippen LogP contribution in [0.2, 0.25) is 0 Å². The van der Waals surface area contributed by atoms with Gasteiger partial charge in [0.15, 0.2) is 5.79 Å². The van der Waals surface area contributed by atoms with Crippen LogP contribution in [0.4, 0.5) is 0 Å². The zero-order chi connectivity index (χ0) is 18.0. The Bertz CT molecular complexity index is 598. The van der Waals surface area contributed by atoms with Gasteiger partial charge in [-0.3, -0.25) is 4.90 Å². The van der Waals surface area contributed by atoms with Crippen molar-refractivity contribution in [3.05, 3.63) is 42.0 Å². The van der Waals surface area contributed by atoms with Crippen LogP contribution in [0, 0.1) is 0 Å². The number of benzene rings is 1. The molecule has 1 N–H and O–H groups in total. The zero-order valence-corrected chi connectivity index (χ0v) is 15.5. The molecule has 2 aliphatic rings. The molecule has 0 radical (unpaired) electrons. The standard InChI is InChI=1S/C20H29NO4/c1-14(15-8-10-16(23-4)11-9-15)21-12-6-5-7-18-19(17(21)13-22)25-20(2,3)24-18/h5,7-11,14,17-19,22H,6,12-13H2,1-4H3/b7-5-/t14-,17+,18+,19+/m1/s1. The van der Waals surface area contributed by atoms with Gasteiger partial charge in [-0.2, -0.15) is 0 Å². The van der Waals surface area contributed by atoms with Gasteiger partial charge < -0.3 is 19.3 Å². The molecule has 1 aromatic carbocycles. The number of methoxy groups -OCH3 is 1. The van der Waals surface area contributed by atoms with Crippen LogP contribution in [0.25, 0.3) is 0 Å². The molecule has 0 unspecified atom stereocenters. The highest BCUT2D eigenvalue weighted by atomic mass is 16.8. The normalized spacial score (nSPS) is 31.6. The Kier molecular flexibility index (Phi) is 5.49. The Balaban J connectivity index is 1.86. The monoisotopic (exact) mass is 347 g/mol. The van der Waals surface area contributed by atoms with Gasteiger partial charge >= 0.3 is 0 Å². The highest BCUT2D eigenvalue weighted by Gasteiger charge is 2.46. The van der Waals surface area contributed by atoms with Gasteiger partial charge in [-0.15, -0.1) is 0 Å². The van der Waals surface area contributed by atoms with E-state index in [0.717, 1.165) is 18.7 Å². The second-order valence-corrected chi connectivity index (χ2v) is 7.22. The van der Waals surface area contributed by atoms with Gasteiger partial charge in [0.25, 0.3) is 0 Å². The molecule has 0 bridgehead atoms. The summed E-state index contributed by atoms with van der Waals surface area (Å²) < 4.78 is 17.4. The van der Waals surface area contributed by atoms with Gasteiger partial charge in [0.05, 0.1) is 19.8 Å². The first-order chi connectivity index (χ1) is 11.9. The van der Waals surface area contributed by atoms with Crippen molar-refractivity contribution in [1.29, 1.82) is 0 Å². The number of ether oxygens (including phenoxy) is 3. The van der Waals surface area contributed by atoms with E-state index in [1.165, 1.54) is 5.56 Å². The number of aliphatic hydroxyl groups is 1. The molecular formula is C20H29NO4. The van der Waals surface area contributed by atoms with Crippen LogP contribution in [0.3, 0.4) is 0 Å². The molecule has 25 heavy (non-hydrogen) atoms. The van der Waals surface area contributed by atoms with Gasteiger partial charge in [-0.25, -0.2) is 0 Å². The van der Waals surface area contributed by atoms with Crippen molar-refractivity contribution >= 4 is 0 Å². The molecule has 5 heteroatoms. The minimum atomic E-state index is -0.632. The summed E-state index contributed by atoms with van der Waals surface area (Å²) >= 11 is 0. The third kappa shape index (κ3) is 3.90. The number of fused-ring (bicyclic) bond motifs is 1. The number of hydrogen-bond donors (Lipinski definition) is 1. The molecule has 0 saturated carbocycles. The maximum absolute atomic E-state index is 10.2. The van der Waals surface area contributed by atoms with Crippen LogP contribution in [0.5, 0.6) is 5.75 Å². The minimum Gasteiger partial charge on any atom is -0.497 e. The average Bonchev–Trinajstić information content (AvgIpc) is 2.89. The molecule has 1 aromatic rings. The van der Waals surface area contributed by atoms with Crippen molar-refractivity contribution in [3.8, 4) is 5.75 Å². The van der Waals surface area contributed by atoms with E-state index in [-0.39, 0.29) is 30.9 Å². The molecule has 3 rings (SSSR count). The Hall–Kier alpha value is -1.40. The third-order valence-electron chi connectivity index (χ3n) is 5.13. The second-order valence-electron chi connectivity index (χ2n) is 7.22. The zero-order valence-electron chi connectivity index (χ0n) is 15.5. The fourth-order valence-electron chi connectivity index (χ4n) is 3.84. The Morgan fingerprint density at radius 3 is 2.64 bits per heavy atom. The molecule has 138 valence electrons. The molecule has 0 aliphatic carbocycles. The maximum Gasteiger partial charge on any atom is 0.164 e. The molecule has 2 heterocycles. The van der Waals surface area contributed by atoms with E-state index in [0.29, 0.717) is 0 Å². The maximum atomic E-state index is 10.2.